The summed E-state index contributed by atoms with van der Waals surface area (Å²) in [5.74, 6) is -0.603. The van der Waals surface area contributed by atoms with Gasteiger partial charge in [0.25, 0.3) is 0 Å². The largest absolute Gasteiger partial charge is 0.503 e. The highest BCUT2D eigenvalue weighted by Gasteiger charge is 2.13. The average Bonchev–Trinajstić information content (AvgIpc) is 2.58. The second-order valence-corrected chi connectivity index (χ2v) is 5.19. The minimum absolute atomic E-state index is 0.0622. The number of hydrogen-bond donors (Lipinski definition) is 2. The van der Waals surface area contributed by atoms with Crippen molar-refractivity contribution in [2.45, 2.75) is 6.92 Å². The zero-order valence-corrected chi connectivity index (χ0v) is 12.8. The molecule has 5 nitrogen and oxygen atoms in total. The highest BCUT2D eigenvalue weighted by Crippen LogP contribution is 2.34. The zero-order chi connectivity index (χ0) is 17.1. The lowest BCUT2D eigenvalue weighted by molar-refractivity contribution is 0.475. The lowest BCUT2D eigenvalue weighted by Gasteiger charge is -2.11. The lowest BCUT2D eigenvalue weighted by atomic mass is 10.1. The van der Waals surface area contributed by atoms with Gasteiger partial charge in [0.1, 0.15) is 17.8 Å². The summed E-state index contributed by atoms with van der Waals surface area (Å²) in [6.45, 7) is 8.82. The maximum Gasteiger partial charge on any atom is 0.222 e. The zero-order valence-electron chi connectivity index (χ0n) is 12.8. The molecule has 0 aliphatic rings. The minimum atomic E-state index is -0.637. The van der Waals surface area contributed by atoms with Crippen molar-refractivity contribution in [3.8, 4) is 17.0 Å². The highest BCUT2D eigenvalue weighted by molar-refractivity contribution is 5.75. The number of rotatable bonds is 3. The third kappa shape index (κ3) is 3.01. The first-order valence-corrected chi connectivity index (χ1v) is 7.13. The Morgan fingerprint density at radius 3 is 2.54 bits per heavy atom. The molecule has 0 radical (unpaired) electrons. The van der Waals surface area contributed by atoms with E-state index in [0.717, 1.165) is 11.1 Å². The minimum Gasteiger partial charge on any atom is -0.503 e. The number of aromatic hydroxyl groups is 1. The Hall–Kier alpha value is -3.46. The van der Waals surface area contributed by atoms with E-state index in [0.29, 0.717) is 11.4 Å². The van der Waals surface area contributed by atoms with Crippen LogP contribution in [0.15, 0.2) is 48.8 Å². The summed E-state index contributed by atoms with van der Waals surface area (Å²) in [5, 5.41) is 13.3. The molecule has 2 N–H and O–H groups in total. The third-order valence-corrected chi connectivity index (χ3v) is 3.48. The van der Waals surface area contributed by atoms with Crippen molar-refractivity contribution in [3.63, 3.8) is 0 Å². The Morgan fingerprint density at radius 1 is 1.12 bits per heavy atom. The lowest BCUT2D eigenvalue weighted by Crippen LogP contribution is -1.97. The van der Waals surface area contributed by atoms with Crippen molar-refractivity contribution < 1.29 is 9.50 Å². The summed E-state index contributed by atoms with van der Waals surface area (Å²) in [5.41, 5.74) is 2.54. The van der Waals surface area contributed by atoms with Crippen molar-refractivity contribution in [2.75, 3.05) is 5.32 Å². The van der Waals surface area contributed by atoms with Crippen LogP contribution in [0, 0.1) is 19.3 Å². The van der Waals surface area contributed by atoms with Crippen molar-refractivity contribution in [1.29, 1.82) is 0 Å². The number of anilines is 2. The first kappa shape index (κ1) is 15.4. The molecule has 3 aromatic rings. The summed E-state index contributed by atoms with van der Waals surface area (Å²) in [7, 11) is 0. The van der Waals surface area contributed by atoms with Crippen molar-refractivity contribution >= 4 is 17.2 Å². The van der Waals surface area contributed by atoms with Crippen molar-refractivity contribution in [2.24, 2.45) is 0 Å². The van der Waals surface area contributed by atoms with E-state index in [1.165, 1.54) is 18.5 Å². The predicted molar refractivity (Wildman–Crippen MR) is 89.8 cm³/mol. The fourth-order valence-electron chi connectivity index (χ4n) is 2.20. The van der Waals surface area contributed by atoms with Crippen molar-refractivity contribution in [1.82, 2.24) is 9.97 Å². The fourth-order valence-corrected chi connectivity index (χ4v) is 2.20. The van der Waals surface area contributed by atoms with Gasteiger partial charge < -0.3 is 10.4 Å². The molecule has 0 saturated carbocycles. The van der Waals surface area contributed by atoms with Gasteiger partial charge in [-0.2, -0.15) is 0 Å². The van der Waals surface area contributed by atoms with E-state index in [1.807, 2.05) is 31.2 Å². The molecule has 0 unspecified atom stereocenters. The van der Waals surface area contributed by atoms with Crippen LogP contribution in [0.5, 0.6) is 5.75 Å². The maximum atomic E-state index is 13.7. The van der Waals surface area contributed by atoms with E-state index in [9.17, 15) is 9.50 Å². The predicted octanol–water partition coefficient (Wildman–Crippen LogP) is 4.59. The van der Waals surface area contributed by atoms with E-state index in [1.54, 1.807) is 6.07 Å². The molecular formula is C18H13FN4O. The normalized spacial score (nSPS) is 10.2. The van der Waals surface area contributed by atoms with Crippen LogP contribution >= 0.6 is 0 Å². The molecule has 118 valence electrons. The second kappa shape index (κ2) is 6.34. The van der Waals surface area contributed by atoms with E-state index in [2.05, 4.69) is 20.1 Å². The Labute approximate surface area is 138 Å². The molecule has 0 atom stereocenters. The monoisotopic (exact) mass is 320 g/mol. The smallest absolute Gasteiger partial charge is 0.222 e. The second-order valence-electron chi connectivity index (χ2n) is 5.19. The SMILES string of the molecule is [C-]#[N+]c1ccc(Nc2ncnc(-c3ccc(C)cc3)c2O)cc1F. The quantitative estimate of drug-likeness (QED) is 0.693. The molecule has 0 spiro atoms. The average molecular weight is 320 g/mol. The number of aryl methyl sites for hydroxylation is 1. The number of nitrogens with one attached hydrogen (secondary N) is 1. The van der Waals surface area contributed by atoms with Gasteiger partial charge in [0.05, 0.1) is 6.57 Å². The molecule has 0 amide bonds. The Bertz CT molecular complexity index is 933. The van der Waals surface area contributed by atoms with E-state index in [4.69, 9.17) is 6.57 Å². The number of hydrogen-bond acceptors (Lipinski definition) is 4. The molecule has 24 heavy (non-hydrogen) atoms. The van der Waals surface area contributed by atoms with Crippen LogP contribution in [0.25, 0.3) is 16.1 Å². The van der Waals surface area contributed by atoms with Gasteiger partial charge in [-0.1, -0.05) is 35.9 Å². The number of halogens is 1. The summed E-state index contributed by atoms with van der Waals surface area (Å²) < 4.78 is 13.7. The van der Waals surface area contributed by atoms with Crippen LogP contribution in [-0.2, 0) is 0 Å². The van der Waals surface area contributed by atoms with E-state index < -0.39 is 5.82 Å². The molecule has 6 heteroatoms. The molecule has 1 aromatic heterocycles. The van der Waals surface area contributed by atoms with Gasteiger partial charge in [0.15, 0.2) is 11.6 Å². The number of benzene rings is 2. The van der Waals surface area contributed by atoms with Gasteiger partial charge in [0, 0.05) is 11.3 Å². The van der Waals surface area contributed by atoms with Crippen molar-refractivity contribution in [3.05, 3.63) is 71.6 Å². The van der Waals surface area contributed by atoms with Crippen LogP contribution < -0.4 is 5.32 Å². The molecule has 2 aromatic carbocycles. The van der Waals surface area contributed by atoms with Crippen LogP contribution in [0.3, 0.4) is 0 Å². The Kier molecular flexibility index (Phi) is 4.08. The van der Waals surface area contributed by atoms with Crippen LogP contribution in [0.1, 0.15) is 5.56 Å². The topological polar surface area (TPSA) is 62.4 Å². The molecular weight excluding hydrogens is 307 g/mol. The highest BCUT2D eigenvalue weighted by atomic mass is 19.1. The van der Waals surface area contributed by atoms with Gasteiger partial charge in [-0.3, -0.25) is 0 Å². The molecule has 3 rings (SSSR count). The summed E-state index contributed by atoms with van der Waals surface area (Å²) in [6, 6.07) is 11.6. The molecule has 0 bridgehead atoms. The molecule has 0 aliphatic carbocycles. The number of nitrogens with zero attached hydrogens (tertiary/aromatic N) is 3. The third-order valence-electron chi connectivity index (χ3n) is 3.48. The summed E-state index contributed by atoms with van der Waals surface area (Å²) in [4.78, 5) is 11.2. The molecule has 1 heterocycles. The van der Waals surface area contributed by atoms with Crippen LogP contribution in [0.2, 0.25) is 0 Å². The summed E-state index contributed by atoms with van der Waals surface area (Å²) in [6.07, 6.45) is 1.32. The van der Waals surface area contributed by atoms with Gasteiger partial charge in [-0.15, -0.1) is 0 Å². The van der Waals surface area contributed by atoms with E-state index in [-0.39, 0.29) is 17.3 Å². The Balaban J connectivity index is 1.95. The first-order chi connectivity index (χ1) is 11.6. The maximum absolute atomic E-state index is 13.7. The van der Waals surface area contributed by atoms with Gasteiger partial charge in [0.2, 0.25) is 5.69 Å². The van der Waals surface area contributed by atoms with E-state index >= 15 is 0 Å². The standard InChI is InChI=1S/C18H13FN4O/c1-11-3-5-12(6-4-11)16-17(24)18(22-10-21-16)23-13-7-8-15(20-2)14(19)9-13/h3-10,24H,1H3,(H,21,22,23). The van der Waals surface area contributed by atoms with Gasteiger partial charge in [-0.25, -0.2) is 19.2 Å². The molecule has 0 aliphatic heterocycles. The van der Waals surface area contributed by atoms with Crippen LogP contribution in [0.4, 0.5) is 21.6 Å². The fraction of sp³-hybridized carbons (Fsp3) is 0.0556. The van der Waals surface area contributed by atoms with Crippen LogP contribution in [-0.4, -0.2) is 15.1 Å². The molecule has 0 fully saturated rings. The van der Waals surface area contributed by atoms with Gasteiger partial charge in [-0.05, 0) is 19.1 Å². The first-order valence-electron chi connectivity index (χ1n) is 7.13. The summed E-state index contributed by atoms with van der Waals surface area (Å²) >= 11 is 0. The molecule has 0 saturated heterocycles. The number of aromatic nitrogens is 2. The van der Waals surface area contributed by atoms with Gasteiger partial charge >= 0.3 is 0 Å². The Morgan fingerprint density at radius 2 is 1.88 bits per heavy atom.